The molecule has 0 heterocycles. The van der Waals surface area contributed by atoms with Gasteiger partial charge in [0, 0.05) is 17.3 Å². The third-order valence-electron chi connectivity index (χ3n) is 2.15. The predicted octanol–water partition coefficient (Wildman–Crippen LogP) is 4.57. The van der Waals surface area contributed by atoms with Crippen molar-refractivity contribution in [1.82, 2.24) is 0 Å². The number of Topliss-reactive ketones (excluding diaryl/α,β-unsaturated/α-hetero) is 1. The summed E-state index contributed by atoms with van der Waals surface area (Å²) in [6.45, 7) is 0. The van der Waals surface area contributed by atoms with Gasteiger partial charge in [0.1, 0.15) is 5.75 Å². The quantitative estimate of drug-likeness (QED) is 0.444. The van der Waals surface area contributed by atoms with E-state index in [2.05, 4.69) is 20.7 Å². The van der Waals surface area contributed by atoms with E-state index in [9.17, 15) is 31.1 Å². The standard InChI is InChI=1S/C11H7BrF6O2/c12-4-3-9(19)7-2-1-6(20-11(16,17)18)5-8(7)10(13,14)15/h1-2,5H,3-4H2. The lowest BCUT2D eigenvalue weighted by Gasteiger charge is -2.15. The molecule has 0 amide bonds. The lowest BCUT2D eigenvalue weighted by Crippen LogP contribution is -2.19. The molecular formula is C11H7BrF6O2. The number of carbonyl (C=O) groups is 1. The molecule has 0 unspecified atom stereocenters. The molecule has 112 valence electrons. The molecule has 2 nitrogen and oxygen atoms in total. The van der Waals surface area contributed by atoms with Crippen molar-refractivity contribution in [3.63, 3.8) is 0 Å². The van der Waals surface area contributed by atoms with Crippen LogP contribution in [-0.2, 0) is 6.18 Å². The SMILES string of the molecule is O=C(CCBr)c1ccc(OC(F)(F)F)cc1C(F)(F)F. The van der Waals surface area contributed by atoms with Gasteiger partial charge in [0.15, 0.2) is 5.78 Å². The second kappa shape index (κ2) is 6.02. The van der Waals surface area contributed by atoms with E-state index >= 15 is 0 Å². The van der Waals surface area contributed by atoms with E-state index in [4.69, 9.17) is 0 Å². The van der Waals surface area contributed by atoms with Crippen molar-refractivity contribution in [3.8, 4) is 5.75 Å². The molecule has 1 aromatic rings. The van der Waals surface area contributed by atoms with Crippen LogP contribution in [0, 0.1) is 0 Å². The Hall–Kier alpha value is -1.25. The maximum absolute atomic E-state index is 12.8. The molecule has 0 radical (unpaired) electrons. The molecule has 0 saturated carbocycles. The molecule has 0 aromatic heterocycles. The maximum Gasteiger partial charge on any atom is 0.573 e. The van der Waals surface area contributed by atoms with Gasteiger partial charge in [-0.1, -0.05) is 15.9 Å². The van der Waals surface area contributed by atoms with Crippen LogP contribution in [0.1, 0.15) is 22.3 Å². The van der Waals surface area contributed by atoms with Crippen LogP contribution >= 0.6 is 15.9 Å². The van der Waals surface area contributed by atoms with E-state index in [0.29, 0.717) is 12.1 Å². The van der Waals surface area contributed by atoms with Crippen LogP contribution in [0.15, 0.2) is 18.2 Å². The molecule has 0 atom stereocenters. The summed E-state index contributed by atoms with van der Waals surface area (Å²) in [4.78, 5) is 11.5. The Morgan fingerprint density at radius 1 is 1.15 bits per heavy atom. The van der Waals surface area contributed by atoms with Crippen LogP contribution in [-0.4, -0.2) is 17.5 Å². The molecule has 0 aliphatic heterocycles. The summed E-state index contributed by atoms with van der Waals surface area (Å²) in [5, 5.41) is 0.143. The van der Waals surface area contributed by atoms with Crippen LogP contribution in [0.25, 0.3) is 0 Å². The first-order valence-electron chi connectivity index (χ1n) is 5.11. The highest BCUT2D eigenvalue weighted by molar-refractivity contribution is 9.09. The topological polar surface area (TPSA) is 26.3 Å². The maximum atomic E-state index is 12.8. The van der Waals surface area contributed by atoms with E-state index < -0.39 is 35.2 Å². The summed E-state index contributed by atoms with van der Waals surface area (Å²) in [5.41, 5.74) is -2.14. The van der Waals surface area contributed by atoms with Crippen molar-refractivity contribution >= 4 is 21.7 Å². The number of carbonyl (C=O) groups excluding carboxylic acids is 1. The van der Waals surface area contributed by atoms with Crippen molar-refractivity contribution in [2.75, 3.05) is 5.33 Å². The summed E-state index contributed by atoms with van der Waals surface area (Å²) in [6, 6.07) is 1.51. The van der Waals surface area contributed by atoms with E-state index in [0.717, 1.165) is 0 Å². The van der Waals surface area contributed by atoms with E-state index in [1.54, 1.807) is 0 Å². The first-order valence-corrected chi connectivity index (χ1v) is 6.23. The molecule has 0 bridgehead atoms. The van der Waals surface area contributed by atoms with Crippen LogP contribution in [0.3, 0.4) is 0 Å². The van der Waals surface area contributed by atoms with Crippen LogP contribution in [0.5, 0.6) is 5.75 Å². The molecule has 0 N–H and O–H groups in total. The fourth-order valence-electron chi connectivity index (χ4n) is 1.42. The molecule has 1 aromatic carbocycles. The molecule has 1 rings (SSSR count). The number of ether oxygens (including phenoxy) is 1. The highest BCUT2D eigenvalue weighted by Crippen LogP contribution is 2.36. The molecule has 0 spiro atoms. The largest absolute Gasteiger partial charge is 0.573 e. The minimum absolute atomic E-state index is 0.143. The Bertz CT molecular complexity index is 495. The van der Waals surface area contributed by atoms with Crippen molar-refractivity contribution in [3.05, 3.63) is 29.3 Å². The molecule has 20 heavy (non-hydrogen) atoms. The van der Waals surface area contributed by atoms with Gasteiger partial charge in [-0.05, 0) is 18.2 Å². The first kappa shape index (κ1) is 16.8. The number of hydrogen-bond acceptors (Lipinski definition) is 2. The third-order valence-corrected chi connectivity index (χ3v) is 2.55. The van der Waals surface area contributed by atoms with Gasteiger partial charge >= 0.3 is 12.5 Å². The van der Waals surface area contributed by atoms with Gasteiger partial charge in [0.25, 0.3) is 0 Å². The minimum atomic E-state index is -5.11. The summed E-state index contributed by atoms with van der Waals surface area (Å²) < 4.78 is 77.6. The Labute approximate surface area is 117 Å². The predicted molar refractivity (Wildman–Crippen MR) is 60.9 cm³/mol. The van der Waals surface area contributed by atoms with Gasteiger partial charge in [-0.3, -0.25) is 4.79 Å². The summed E-state index contributed by atoms with van der Waals surface area (Å²) in [7, 11) is 0. The number of hydrogen-bond donors (Lipinski definition) is 0. The first-order chi connectivity index (χ1) is 9.04. The third kappa shape index (κ3) is 4.69. The van der Waals surface area contributed by atoms with Crippen molar-refractivity contribution < 1.29 is 35.9 Å². The van der Waals surface area contributed by atoms with Crippen LogP contribution in [0.4, 0.5) is 26.3 Å². The van der Waals surface area contributed by atoms with Gasteiger partial charge in [-0.2, -0.15) is 13.2 Å². The van der Waals surface area contributed by atoms with Gasteiger partial charge in [-0.15, -0.1) is 13.2 Å². The zero-order valence-electron chi connectivity index (χ0n) is 9.61. The second-order valence-electron chi connectivity index (χ2n) is 3.62. The average molecular weight is 365 g/mol. The van der Waals surface area contributed by atoms with E-state index in [1.165, 1.54) is 0 Å². The Morgan fingerprint density at radius 3 is 2.20 bits per heavy atom. The lowest BCUT2D eigenvalue weighted by molar-refractivity contribution is -0.274. The lowest BCUT2D eigenvalue weighted by atomic mass is 10.0. The summed E-state index contributed by atoms with van der Waals surface area (Å²) >= 11 is 2.90. The van der Waals surface area contributed by atoms with Gasteiger partial charge in [0.05, 0.1) is 5.56 Å². The highest BCUT2D eigenvalue weighted by Gasteiger charge is 2.37. The second-order valence-corrected chi connectivity index (χ2v) is 4.41. The fourth-order valence-corrected chi connectivity index (χ4v) is 1.78. The molecule has 0 aliphatic rings. The molecular weight excluding hydrogens is 358 g/mol. The number of ketones is 1. The Morgan fingerprint density at radius 2 is 1.75 bits per heavy atom. The normalized spacial score (nSPS) is 12.3. The molecule has 0 fully saturated rings. The number of alkyl halides is 7. The monoisotopic (exact) mass is 364 g/mol. The van der Waals surface area contributed by atoms with Gasteiger partial charge in [0.2, 0.25) is 0 Å². The van der Waals surface area contributed by atoms with E-state index in [-0.39, 0.29) is 17.8 Å². The van der Waals surface area contributed by atoms with Crippen molar-refractivity contribution in [2.24, 2.45) is 0 Å². The zero-order chi connectivity index (χ0) is 15.6. The zero-order valence-corrected chi connectivity index (χ0v) is 11.2. The summed E-state index contributed by atoms with van der Waals surface area (Å²) in [5.74, 6) is -1.85. The van der Waals surface area contributed by atoms with Crippen LogP contribution in [0.2, 0.25) is 0 Å². The fraction of sp³-hybridized carbons (Fsp3) is 0.364. The molecule has 0 aliphatic carbocycles. The minimum Gasteiger partial charge on any atom is -0.406 e. The van der Waals surface area contributed by atoms with Gasteiger partial charge < -0.3 is 4.74 Å². The van der Waals surface area contributed by atoms with Crippen molar-refractivity contribution in [1.29, 1.82) is 0 Å². The molecule has 9 heteroatoms. The van der Waals surface area contributed by atoms with Gasteiger partial charge in [-0.25, -0.2) is 0 Å². The smallest absolute Gasteiger partial charge is 0.406 e. The Balaban J connectivity index is 3.24. The van der Waals surface area contributed by atoms with E-state index in [1.807, 2.05) is 0 Å². The highest BCUT2D eigenvalue weighted by atomic mass is 79.9. The number of halogens is 7. The Kier molecular flexibility index (Phi) is 5.06. The summed E-state index contributed by atoms with van der Waals surface area (Å²) in [6.07, 6.45) is -10.3. The average Bonchev–Trinajstić information content (AvgIpc) is 2.25. The van der Waals surface area contributed by atoms with Crippen molar-refractivity contribution in [2.45, 2.75) is 19.0 Å². The number of rotatable bonds is 4. The number of benzene rings is 1. The molecule has 0 saturated heterocycles. The van der Waals surface area contributed by atoms with Crippen LogP contribution < -0.4 is 4.74 Å².